The summed E-state index contributed by atoms with van der Waals surface area (Å²) in [5.74, 6) is 2.03. The maximum absolute atomic E-state index is 3.75. The number of halogens is 1. The van der Waals surface area contributed by atoms with Gasteiger partial charge in [0.25, 0.3) is 0 Å². The molecule has 0 aromatic rings. The van der Waals surface area contributed by atoms with E-state index in [-0.39, 0.29) is 0 Å². The van der Waals surface area contributed by atoms with Crippen LogP contribution in [0.15, 0.2) is 0 Å². The highest BCUT2D eigenvalue weighted by atomic mass is 79.9. The molecule has 3 unspecified atom stereocenters. The van der Waals surface area contributed by atoms with Gasteiger partial charge in [-0.25, -0.2) is 0 Å². The number of nitrogens with zero attached hydrogens (tertiary/aromatic N) is 1. The van der Waals surface area contributed by atoms with Crippen LogP contribution in [0.2, 0.25) is 0 Å². The fourth-order valence-electron chi connectivity index (χ4n) is 2.73. The Hall–Kier alpha value is 0.440. The Balaban J connectivity index is 1.93. The topological polar surface area (TPSA) is 3.24 Å². The summed E-state index contributed by atoms with van der Waals surface area (Å²) in [4.78, 5) is 3.43. The third-order valence-electron chi connectivity index (χ3n) is 3.51. The molecular weight excluding hydrogens is 214 g/mol. The maximum Gasteiger partial charge on any atom is 0.0149 e. The third-order valence-corrected chi connectivity index (χ3v) is 4.34. The van der Waals surface area contributed by atoms with Crippen molar-refractivity contribution >= 4 is 15.9 Å². The van der Waals surface area contributed by atoms with Gasteiger partial charge in [-0.05, 0) is 37.6 Å². The van der Waals surface area contributed by atoms with E-state index in [2.05, 4.69) is 27.8 Å². The van der Waals surface area contributed by atoms with Crippen LogP contribution in [0.5, 0.6) is 0 Å². The average Bonchev–Trinajstić information content (AvgIpc) is 2.46. The molecule has 1 aliphatic carbocycles. The van der Waals surface area contributed by atoms with E-state index in [1.807, 2.05) is 0 Å². The van der Waals surface area contributed by atoms with Gasteiger partial charge < -0.3 is 4.90 Å². The number of hydrogen-bond donors (Lipinski definition) is 0. The van der Waals surface area contributed by atoms with Crippen LogP contribution >= 0.6 is 15.9 Å². The SMILES string of the molecule is CCN1CC2CCC(Br)CC2C1. The third kappa shape index (κ3) is 1.69. The molecule has 1 saturated heterocycles. The Bertz CT molecular complexity index is 160. The van der Waals surface area contributed by atoms with Crippen molar-refractivity contribution in [3.8, 4) is 0 Å². The van der Waals surface area contributed by atoms with Gasteiger partial charge in [0.05, 0.1) is 0 Å². The molecule has 1 aliphatic heterocycles. The van der Waals surface area contributed by atoms with Crippen molar-refractivity contribution in [1.29, 1.82) is 0 Å². The van der Waals surface area contributed by atoms with Crippen LogP contribution in [0.4, 0.5) is 0 Å². The Morgan fingerprint density at radius 1 is 1.25 bits per heavy atom. The van der Waals surface area contributed by atoms with Gasteiger partial charge in [-0.15, -0.1) is 0 Å². The minimum absolute atomic E-state index is 0.815. The second kappa shape index (κ2) is 3.67. The first-order valence-corrected chi connectivity index (χ1v) is 6.07. The molecule has 1 nitrogen and oxygen atoms in total. The quantitative estimate of drug-likeness (QED) is 0.628. The zero-order valence-electron chi connectivity index (χ0n) is 7.80. The standard InChI is InChI=1S/C10H18BrN/c1-2-12-6-8-3-4-10(11)5-9(8)7-12/h8-10H,2-7H2,1H3. The van der Waals surface area contributed by atoms with Crippen LogP contribution in [-0.2, 0) is 0 Å². The van der Waals surface area contributed by atoms with Crippen molar-refractivity contribution < 1.29 is 0 Å². The van der Waals surface area contributed by atoms with Crippen LogP contribution in [0.25, 0.3) is 0 Å². The molecular formula is C10H18BrN. The predicted octanol–water partition coefficient (Wildman–Crippen LogP) is 2.50. The van der Waals surface area contributed by atoms with Gasteiger partial charge in [0.15, 0.2) is 0 Å². The van der Waals surface area contributed by atoms with Crippen LogP contribution < -0.4 is 0 Å². The van der Waals surface area contributed by atoms with Crippen molar-refractivity contribution in [2.75, 3.05) is 19.6 Å². The number of fused-ring (bicyclic) bond motifs is 1. The van der Waals surface area contributed by atoms with Crippen molar-refractivity contribution in [2.45, 2.75) is 31.0 Å². The lowest BCUT2D eigenvalue weighted by Gasteiger charge is -2.27. The number of alkyl halides is 1. The van der Waals surface area contributed by atoms with E-state index in [0.29, 0.717) is 0 Å². The Labute approximate surface area is 83.6 Å². The zero-order chi connectivity index (χ0) is 8.55. The number of likely N-dealkylation sites (tertiary alicyclic amines) is 1. The molecule has 2 aliphatic rings. The van der Waals surface area contributed by atoms with Gasteiger partial charge in [0, 0.05) is 17.9 Å². The molecule has 2 rings (SSSR count). The van der Waals surface area contributed by atoms with Crippen LogP contribution in [0.3, 0.4) is 0 Å². The smallest absolute Gasteiger partial charge is 0.0149 e. The highest BCUT2D eigenvalue weighted by Gasteiger charge is 2.35. The molecule has 1 heterocycles. The fraction of sp³-hybridized carbons (Fsp3) is 1.00. The summed E-state index contributed by atoms with van der Waals surface area (Å²) in [6, 6.07) is 0. The molecule has 0 radical (unpaired) electrons. The van der Waals surface area contributed by atoms with Crippen LogP contribution in [0.1, 0.15) is 26.2 Å². The van der Waals surface area contributed by atoms with E-state index in [9.17, 15) is 0 Å². The van der Waals surface area contributed by atoms with Crippen molar-refractivity contribution in [2.24, 2.45) is 11.8 Å². The molecule has 0 bridgehead atoms. The van der Waals surface area contributed by atoms with Gasteiger partial charge >= 0.3 is 0 Å². The number of hydrogen-bond acceptors (Lipinski definition) is 1. The van der Waals surface area contributed by atoms with Gasteiger partial charge in [0.2, 0.25) is 0 Å². The molecule has 1 saturated carbocycles. The van der Waals surface area contributed by atoms with Crippen molar-refractivity contribution in [3.63, 3.8) is 0 Å². The predicted molar refractivity (Wildman–Crippen MR) is 55.7 cm³/mol. The van der Waals surface area contributed by atoms with E-state index >= 15 is 0 Å². The van der Waals surface area contributed by atoms with Crippen molar-refractivity contribution in [1.82, 2.24) is 4.90 Å². The molecule has 0 amide bonds. The first kappa shape index (κ1) is 9.01. The lowest BCUT2D eigenvalue weighted by molar-refractivity contribution is 0.309. The molecule has 0 aromatic heterocycles. The Morgan fingerprint density at radius 3 is 2.75 bits per heavy atom. The van der Waals surface area contributed by atoms with E-state index in [4.69, 9.17) is 0 Å². The molecule has 70 valence electrons. The minimum atomic E-state index is 0.815. The van der Waals surface area contributed by atoms with Crippen molar-refractivity contribution in [3.05, 3.63) is 0 Å². The molecule has 2 fully saturated rings. The summed E-state index contributed by atoms with van der Waals surface area (Å²) in [5, 5.41) is 0. The maximum atomic E-state index is 3.75. The second-order valence-electron chi connectivity index (χ2n) is 4.28. The molecule has 0 aromatic carbocycles. The van der Waals surface area contributed by atoms with Crippen LogP contribution in [0, 0.1) is 11.8 Å². The largest absolute Gasteiger partial charge is 0.303 e. The zero-order valence-corrected chi connectivity index (χ0v) is 9.39. The minimum Gasteiger partial charge on any atom is -0.303 e. The van der Waals surface area contributed by atoms with E-state index in [1.54, 1.807) is 0 Å². The summed E-state index contributed by atoms with van der Waals surface area (Å²) in [6.07, 6.45) is 4.27. The lowest BCUT2D eigenvalue weighted by Crippen LogP contribution is -2.23. The highest BCUT2D eigenvalue weighted by Crippen LogP contribution is 2.38. The fourth-order valence-corrected chi connectivity index (χ4v) is 3.47. The Morgan fingerprint density at radius 2 is 2.00 bits per heavy atom. The first-order valence-electron chi connectivity index (χ1n) is 5.16. The molecule has 0 N–H and O–H groups in total. The van der Waals surface area contributed by atoms with Gasteiger partial charge in [-0.3, -0.25) is 0 Å². The summed E-state index contributed by atoms with van der Waals surface area (Å²) in [7, 11) is 0. The summed E-state index contributed by atoms with van der Waals surface area (Å²) in [6.45, 7) is 6.27. The summed E-state index contributed by atoms with van der Waals surface area (Å²) >= 11 is 3.75. The second-order valence-corrected chi connectivity index (χ2v) is 5.58. The lowest BCUT2D eigenvalue weighted by atomic mass is 9.82. The normalized spacial score (nSPS) is 43.0. The molecule has 12 heavy (non-hydrogen) atoms. The molecule has 2 heteroatoms. The van der Waals surface area contributed by atoms with Gasteiger partial charge in [0.1, 0.15) is 0 Å². The molecule has 0 spiro atoms. The average molecular weight is 232 g/mol. The monoisotopic (exact) mass is 231 g/mol. The summed E-state index contributed by atoms with van der Waals surface area (Å²) in [5.41, 5.74) is 0. The van der Waals surface area contributed by atoms with E-state index in [1.165, 1.54) is 38.9 Å². The van der Waals surface area contributed by atoms with E-state index < -0.39 is 0 Å². The molecule has 3 atom stereocenters. The van der Waals surface area contributed by atoms with Gasteiger partial charge in [-0.2, -0.15) is 0 Å². The van der Waals surface area contributed by atoms with Gasteiger partial charge in [-0.1, -0.05) is 22.9 Å². The summed E-state index contributed by atoms with van der Waals surface area (Å²) < 4.78 is 0. The first-order chi connectivity index (χ1) is 5.79. The Kier molecular flexibility index (Phi) is 2.75. The van der Waals surface area contributed by atoms with E-state index in [0.717, 1.165) is 16.7 Å². The number of rotatable bonds is 1. The highest BCUT2D eigenvalue weighted by molar-refractivity contribution is 9.09. The van der Waals surface area contributed by atoms with Crippen LogP contribution in [-0.4, -0.2) is 29.4 Å².